The lowest BCUT2D eigenvalue weighted by atomic mass is 9.95. The first-order valence-corrected chi connectivity index (χ1v) is 6.88. The number of benzene rings is 1. The molecule has 1 aromatic rings. The smallest absolute Gasteiger partial charge is 0.124 e. The van der Waals surface area contributed by atoms with E-state index in [0.717, 1.165) is 18.5 Å². The van der Waals surface area contributed by atoms with E-state index in [0.29, 0.717) is 23.4 Å². The van der Waals surface area contributed by atoms with Gasteiger partial charge in [-0.05, 0) is 42.9 Å². The van der Waals surface area contributed by atoms with Crippen LogP contribution in [0.1, 0.15) is 46.1 Å². The third-order valence-electron chi connectivity index (χ3n) is 2.97. The van der Waals surface area contributed by atoms with Gasteiger partial charge in [-0.2, -0.15) is 5.26 Å². The van der Waals surface area contributed by atoms with E-state index in [1.165, 1.54) is 12.1 Å². The van der Waals surface area contributed by atoms with Gasteiger partial charge in [-0.15, -0.1) is 0 Å². The van der Waals surface area contributed by atoms with Gasteiger partial charge < -0.3 is 5.32 Å². The van der Waals surface area contributed by atoms with Crippen molar-refractivity contribution < 1.29 is 4.39 Å². The molecule has 0 aliphatic carbocycles. The van der Waals surface area contributed by atoms with Crippen LogP contribution in [0, 0.1) is 29.0 Å². The molecule has 0 saturated heterocycles. The van der Waals surface area contributed by atoms with Gasteiger partial charge in [-0.1, -0.05) is 27.7 Å². The molecule has 0 aromatic heterocycles. The molecular formula is C16H23FN2. The second-order valence-electron chi connectivity index (χ2n) is 5.90. The molecule has 0 aliphatic heterocycles. The molecule has 2 nitrogen and oxygen atoms in total. The van der Waals surface area contributed by atoms with Crippen LogP contribution < -0.4 is 5.32 Å². The number of anilines is 1. The minimum absolute atomic E-state index is 0.317. The highest BCUT2D eigenvalue weighted by atomic mass is 19.1. The van der Waals surface area contributed by atoms with Crippen molar-refractivity contribution in [2.75, 3.05) is 5.32 Å². The van der Waals surface area contributed by atoms with Crippen molar-refractivity contribution in [1.29, 1.82) is 5.26 Å². The summed E-state index contributed by atoms with van der Waals surface area (Å²) in [5.74, 6) is 0.802. The second-order valence-corrected chi connectivity index (χ2v) is 5.90. The van der Waals surface area contributed by atoms with Crippen molar-refractivity contribution in [1.82, 2.24) is 0 Å². The molecule has 1 rings (SSSR count). The Morgan fingerprint density at radius 1 is 1.16 bits per heavy atom. The molecule has 0 amide bonds. The van der Waals surface area contributed by atoms with Gasteiger partial charge >= 0.3 is 0 Å². The zero-order chi connectivity index (χ0) is 14.4. The summed E-state index contributed by atoms with van der Waals surface area (Å²) >= 11 is 0. The van der Waals surface area contributed by atoms with E-state index in [4.69, 9.17) is 5.26 Å². The Kier molecular flexibility index (Phi) is 5.82. The fraction of sp³-hybridized carbons (Fsp3) is 0.562. The van der Waals surface area contributed by atoms with Gasteiger partial charge in [0.05, 0.1) is 11.3 Å². The predicted octanol–water partition coefficient (Wildman–Crippen LogP) is 4.57. The Balaban J connectivity index is 2.86. The summed E-state index contributed by atoms with van der Waals surface area (Å²) < 4.78 is 13.1. The molecule has 0 heterocycles. The standard InChI is InChI=1S/C16H23FN2/c1-11(2)7-15(8-12(3)4)19-16-6-5-14(17)9-13(16)10-18/h5-6,9,11-12,15,19H,7-8H2,1-4H3. The first kappa shape index (κ1) is 15.5. The third-order valence-corrected chi connectivity index (χ3v) is 2.97. The van der Waals surface area contributed by atoms with Crippen LogP contribution in [0.2, 0.25) is 0 Å². The Bertz CT molecular complexity index is 437. The molecular weight excluding hydrogens is 239 g/mol. The molecule has 104 valence electrons. The van der Waals surface area contributed by atoms with Gasteiger partial charge in [0.1, 0.15) is 11.9 Å². The molecule has 0 bridgehead atoms. The second kappa shape index (κ2) is 7.13. The van der Waals surface area contributed by atoms with Gasteiger partial charge in [-0.3, -0.25) is 0 Å². The molecule has 0 spiro atoms. The first-order valence-electron chi connectivity index (χ1n) is 6.88. The fourth-order valence-electron chi connectivity index (χ4n) is 2.31. The van der Waals surface area contributed by atoms with Crippen LogP contribution in [0.3, 0.4) is 0 Å². The molecule has 1 N–H and O–H groups in total. The van der Waals surface area contributed by atoms with Crippen LogP contribution in [0.25, 0.3) is 0 Å². The largest absolute Gasteiger partial charge is 0.381 e. The van der Waals surface area contributed by atoms with Crippen LogP contribution in [-0.2, 0) is 0 Å². The van der Waals surface area contributed by atoms with Crippen molar-refractivity contribution >= 4 is 5.69 Å². The lowest BCUT2D eigenvalue weighted by Crippen LogP contribution is -2.24. The zero-order valence-electron chi connectivity index (χ0n) is 12.2. The van der Waals surface area contributed by atoms with E-state index in [1.54, 1.807) is 6.07 Å². The normalized spacial score (nSPS) is 11.1. The molecule has 0 radical (unpaired) electrons. The summed E-state index contributed by atoms with van der Waals surface area (Å²) in [6, 6.07) is 6.69. The number of nitrogens with zero attached hydrogens (tertiary/aromatic N) is 1. The lowest BCUT2D eigenvalue weighted by molar-refractivity contribution is 0.442. The van der Waals surface area contributed by atoms with Crippen LogP contribution in [-0.4, -0.2) is 6.04 Å². The summed E-state index contributed by atoms with van der Waals surface area (Å²) in [4.78, 5) is 0. The van der Waals surface area contributed by atoms with Crippen molar-refractivity contribution in [3.63, 3.8) is 0 Å². The van der Waals surface area contributed by atoms with Crippen molar-refractivity contribution in [3.8, 4) is 6.07 Å². The molecule has 0 unspecified atom stereocenters. The van der Waals surface area contributed by atoms with E-state index in [2.05, 4.69) is 33.0 Å². The van der Waals surface area contributed by atoms with Crippen LogP contribution >= 0.6 is 0 Å². The fourth-order valence-corrected chi connectivity index (χ4v) is 2.31. The van der Waals surface area contributed by atoms with Crippen LogP contribution in [0.4, 0.5) is 10.1 Å². The average Bonchev–Trinajstić information content (AvgIpc) is 2.29. The van der Waals surface area contributed by atoms with Crippen molar-refractivity contribution in [2.24, 2.45) is 11.8 Å². The summed E-state index contributed by atoms with van der Waals surface area (Å²) in [7, 11) is 0. The van der Waals surface area contributed by atoms with Crippen molar-refractivity contribution in [3.05, 3.63) is 29.6 Å². The van der Waals surface area contributed by atoms with E-state index < -0.39 is 0 Å². The quantitative estimate of drug-likeness (QED) is 0.815. The summed E-state index contributed by atoms with van der Waals surface area (Å²) in [5.41, 5.74) is 1.10. The molecule has 0 aliphatic rings. The number of hydrogen-bond donors (Lipinski definition) is 1. The number of halogens is 1. The molecule has 19 heavy (non-hydrogen) atoms. The average molecular weight is 262 g/mol. The summed E-state index contributed by atoms with van der Waals surface area (Å²) in [6.45, 7) is 8.74. The Labute approximate surface area is 115 Å². The number of nitrogens with one attached hydrogen (secondary N) is 1. The maximum Gasteiger partial charge on any atom is 0.124 e. The third kappa shape index (κ3) is 5.30. The Hall–Kier alpha value is -1.56. The van der Waals surface area contributed by atoms with Gasteiger partial charge in [0, 0.05) is 6.04 Å². The topological polar surface area (TPSA) is 35.8 Å². The first-order chi connectivity index (χ1) is 8.92. The lowest BCUT2D eigenvalue weighted by Gasteiger charge is -2.24. The van der Waals surface area contributed by atoms with Crippen LogP contribution in [0.5, 0.6) is 0 Å². The highest BCUT2D eigenvalue weighted by Gasteiger charge is 2.14. The van der Waals surface area contributed by atoms with E-state index in [-0.39, 0.29) is 5.82 Å². The number of rotatable bonds is 6. The molecule has 0 saturated carbocycles. The highest BCUT2D eigenvalue weighted by Crippen LogP contribution is 2.22. The van der Waals surface area contributed by atoms with E-state index >= 15 is 0 Å². The maximum absolute atomic E-state index is 13.1. The van der Waals surface area contributed by atoms with Gasteiger partial charge in [0.25, 0.3) is 0 Å². The number of nitriles is 1. The summed E-state index contributed by atoms with van der Waals surface area (Å²) in [5, 5.41) is 12.5. The summed E-state index contributed by atoms with van der Waals surface area (Å²) in [6.07, 6.45) is 2.08. The van der Waals surface area contributed by atoms with Gasteiger partial charge in [0.15, 0.2) is 0 Å². The Morgan fingerprint density at radius 2 is 1.74 bits per heavy atom. The molecule has 0 atom stereocenters. The minimum atomic E-state index is -0.369. The zero-order valence-corrected chi connectivity index (χ0v) is 12.2. The molecule has 3 heteroatoms. The Morgan fingerprint density at radius 3 is 2.21 bits per heavy atom. The van der Waals surface area contributed by atoms with E-state index in [9.17, 15) is 4.39 Å². The van der Waals surface area contributed by atoms with Crippen LogP contribution in [0.15, 0.2) is 18.2 Å². The SMILES string of the molecule is CC(C)CC(CC(C)C)Nc1ccc(F)cc1C#N. The highest BCUT2D eigenvalue weighted by molar-refractivity contribution is 5.57. The molecule has 0 fully saturated rings. The van der Waals surface area contributed by atoms with E-state index in [1.807, 2.05) is 6.07 Å². The molecule has 1 aromatic carbocycles. The van der Waals surface area contributed by atoms with Crippen molar-refractivity contribution in [2.45, 2.75) is 46.6 Å². The maximum atomic E-state index is 13.1. The van der Waals surface area contributed by atoms with Gasteiger partial charge in [-0.25, -0.2) is 4.39 Å². The predicted molar refractivity (Wildman–Crippen MR) is 77.4 cm³/mol. The number of hydrogen-bond acceptors (Lipinski definition) is 2. The monoisotopic (exact) mass is 262 g/mol. The van der Waals surface area contributed by atoms with Gasteiger partial charge in [0.2, 0.25) is 0 Å². The minimum Gasteiger partial charge on any atom is -0.381 e.